The first-order chi connectivity index (χ1) is 13.2. The number of halogens is 1. The van der Waals surface area contributed by atoms with E-state index in [2.05, 4.69) is 22.0 Å². The zero-order valence-electron chi connectivity index (χ0n) is 15.3. The summed E-state index contributed by atoms with van der Waals surface area (Å²) in [5.41, 5.74) is -0.193. The average Bonchev–Trinajstić information content (AvgIpc) is 3.22. The molecule has 10 heteroatoms. The van der Waals surface area contributed by atoms with Crippen LogP contribution < -0.4 is 9.47 Å². The molecule has 0 radical (unpaired) electrons. The van der Waals surface area contributed by atoms with Crippen LogP contribution >= 0.6 is 37.5 Å². The first-order valence-electron chi connectivity index (χ1n) is 8.67. The minimum absolute atomic E-state index is 0.126. The number of piperazine rings is 1. The van der Waals surface area contributed by atoms with E-state index in [4.69, 9.17) is 9.47 Å². The molecule has 5 aliphatic heterocycles. The number of hydrogen-bond acceptors (Lipinski definition) is 7. The van der Waals surface area contributed by atoms with Crippen LogP contribution in [0.4, 0.5) is 0 Å². The lowest BCUT2D eigenvalue weighted by molar-refractivity contribution is -0.164. The molecule has 5 heterocycles. The molecule has 5 aliphatic rings. The molecule has 4 fully saturated rings. The van der Waals surface area contributed by atoms with Gasteiger partial charge in [-0.3, -0.25) is 9.59 Å². The van der Waals surface area contributed by atoms with Crippen molar-refractivity contribution in [1.29, 1.82) is 5.26 Å². The number of carbonyl (C=O) groups excluding carboxylic acids is 2. The zero-order valence-corrected chi connectivity index (χ0v) is 18.5. The van der Waals surface area contributed by atoms with Crippen molar-refractivity contribution >= 4 is 49.3 Å². The first-order valence-corrected chi connectivity index (χ1v) is 11.6. The van der Waals surface area contributed by atoms with E-state index in [-0.39, 0.29) is 25.0 Å². The lowest BCUT2D eigenvalue weighted by Crippen LogP contribution is -2.73. The van der Waals surface area contributed by atoms with Crippen molar-refractivity contribution in [2.45, 2.75) is 36.1 Å². The summed E-state index contributed by atoms with van der Waals surface area (Å²) in [4.78, 5) is 28.0. The van der Waals surface area contributed by atoms with Gasteiger partial charge in [0.05, 0.1) is 17.5 Å². The van der Waals surface area contributed by atoms with Gasteiger partial charge in [0, 0.05) is 17.9 Å². The lowest BCUT2D eigenvalue weighted by atomic mass is 9.79. The van der Waals surface area contributed by atoms with Crippen molar-refractivity contribution < 1.29 is 19.1 Å². The molecule has 7 nitrogen and oxygen atoms in total. The number of carbonyl (C=O) groups is 2. The van der Waals surface area contributed by atoms with Gasteiger partial charge in [-0.25, -0.2) is 0 Å². The van der Waals surface area contributed by atoms with Gasteiger partial charge in [-0.1, -0.05) is 37.5 Å². The highest BCUT2D eigenvalue weighted by Crippen LogP contribution is 2.69. The third-order valence-electron chi connectivity index (χ3n) is 6.14. The number of nitriles is 1. The maximum absolute atomic E-state index is 13.6. The van der Waals surface area contributed by atoms with Gasteiger partial charge in [0.15, 0.2) is 21.2 Å². The molecule has 1 unspecified atom stereocenters. The van der Waals surface area contributed by atoms with Crippen LogP contribution in [0, 0.1) is 16.7 Å². The number of amides is 2. The van der Waals surface area contributed by atoms with Gasteiger partial charge in [-0.2, -0.15) is 5.26 Å². The van der Waals surface area contributed by atoms with Gasteiger partial charge in [0.1, 0.15) is 0 Å². The second kappa shape index (κ2) is 5.52. The second-order valence-electron chi connectivity index (χ2n) is 7.81. The third kappa shape index (κ3) is 1.97. The molecule has 6 rings (SSSR count). The quantitative estimate of drug-likeness (QED) is 0.569. The predicted molar refractivity (Wildman–Crippen MR) is 107 cm³/mol. The van der Waals surface area contributed by atoms with Gasteiger partial charge >= 0.3 is 0 Å². The minimum atomic E-state index is -1.08. The summed E-state index contributed by atoms with van der Waals surface area (Å²) < 4.78 is 11.7. The van der Waals surface area contributed by atoms with E-state index in [0.29, 0.717) is 11.5 Å². The van der Waals surface area contributed by atoms with Crippen molar-refractivity contribution in [3.05, 3.63) is 22.2 Å². The maximum atomic E-state index is 13.6. The van der Waals surface area contributed by atoms with E-state index in [1.807, 2.05) is 13.0 Å². The molecule has 2 amide bonds. The van der Waals surface area contributed by atoms with Crippen LogP contribution in [0.2, 0.25) is 0 Å². The van der Waals surface area contributed by atoms with Crippen LogP contribution in [-0.2, 0) is 9.59 Å². The average molecular weight is 482 g/mol. The van der Waals surface area contributed by atoms with Crippen LogP contribution in [-0.4, -0.2) is 45.2 Å². The Morgan fingerprint density at radius 2 is 1.89 bits per heavy atom. The standard InChI is InChI=1S/C18H16BrN3O4S2/c1-16(7-20)6-18-15(24)21(3)17(2,27-28-18)14(23)22(18)13(16)9-4-11-12(5-10(9)19)26-8-25-11/h4-5,13H,6,8H2,1-3H3/t13?,16-,17+,18+/m1/s1. The lowest BCUT2D eigenvalue weighted by Gasteiger charge is -2.57. The first kappa shape index (κ1) is 18.5. The Kier molecular flexibility index (Phi) is 3.64. The van der Waals surface area contributed by atoms with E-state index < -0.39 is 21.2 Å². The molecule has 4 atom stereocenters. The number of fused-ring (bicyclic) bond motifs is 3. The molecule has 2 bridgehead atoms. The SMILES string of the molecule is CN1C(=O)[C@@]23C[C@](C)(C#N)C(c4cc5c(cc4Br)OCO5)N2C(=O)[C@]1(C)SS3. The summed E-state index contributed by atoms with van der Waals surface area (Å²) in [6, 6.07) is 5.43. The van der Waals surface area contributed by atoms with Crippen molar-refractivity contribution in [3.63, 3.8) is 0 Å². The van der Waals surface area contributed by atoms with E-state index in [1.165, 1.54) is 26.5 Å². The largest absolute Gasteiger partial charge is 0.454 e. The second-order valence-corrected chi connectivity index (χ2v) is 11.5. The topological polar surface area (TPSA) is 82.9 Å². The Morgan fingerprint density at radius 1 is 1.21 bits per heavy atom. The fourth-order valence-electron chi connectivity index (χ4n) is 4.53. The molecule has 146 valence electrons. The van der Waals surface area contributed by atoms with Crippen molar-refractivity contribution in [2.24, 2.45) is 5.41 Å². The van der Waals surface area contributed by atoms with Crippen LogP contribution in [0.25, 0.3) is 0 Å². The normalized spacial score (nSPS) is 38.0. The molecule has 0 saturated carbocycles. The predicted octanol–water partition coefficient (Wildman–Crippen LogP) is 3.26. The number of benzene rings is 1. The molecule has 0 N–H and O–H groups in total. The minimum Gasteiger partial charge on any atom is -0.454 e. The van der Waals surface area contributed by atoms with Crippen molar-refractivity contribution in [3.8, 4) is 17.6 Å². The monoisotopic (exact) mass is 481 g/mol. The maximum Gasteiger partial charge on any atom is 0.261 e. The Hall–Kier alpha value is -1.57. The van der Waals surface area contributed by atoms with Gasteiger partial charge < -0.3 is 19.3 Å². The van der Waals surface area contributed by atoms with Gasteiger partial charge in [0.25, 0.3) is 11.8 Å². The van der Waals surface area contributed by atoms with Gasteiger partial charge in [-0.15, -0.1) is 0 Å². The van der Waals surface area contributed by atoms with E-state index in [9.17, 15) is 14.9 Å². The van der Waals surface area contributed by atoms with Crippen molar-refractivity contribution in [1.82, 2.24) is 9.80 Å². The van der Waals surface area contributed by atoms with Gasteiger partial charge in [0.2, 0.25) is 6.79 Å². The summed E-state index contributed by atoms with van der Waals surface area (Å²) in [5, 5.41) is 10.1. The number of likely N-dealkylation sites (N-methyl/N-ethyl adjacent to an activating group) is 1. The Labute approximate surface area is 178 Å². The fraction of sp³-hybridized carbons (Fsp3) is 0.500. The summed E-state index contributed by atoms with van der Waals surface area (Å²) in [5.74, 6) is 0.915. The molecular formula is C18H16BrN3O4S2. The van der Waals surface area contributed by atoms with E-state index in [0.717, 1.165) is 10.0 Å². The highest BCUT2D eigenvalue weighted by molar-refractivity contribution is 9.10. The van der Waals surface area contributed by atoms with Crippen LogP contribution in [0.3, 0.4) is 0 Å². The Bertz CT molecular complexity index is 1000. The third-order valence-corrected chi connectivity index (χ3v) is 10.5. The van der Waals surface area contributed by atoms with Crippen molar-refractivity contribution in [2.75, 3.05) is 13.8 Å². The van der Waals surface area contributed by atoms with Crippen LogP contribution in [0.1, 0.15) is 31.9 Å². The van der Waals surface area contributed by atoms with E-state index in [1.54, 1.807) is 24.9 Å². The molecular weight excluding hydrogens is 466 g/mol. The fourth-order valence-corrected chi connectivity index (χ4v) is 8.65. The summed E-state index contributed by atoms with van der Waals surface area (Å²) in [6.07, 6.45) is 0.269. The smallest absolute Gasteiger partial charge is 0.261 e. The number of rotatable bonds is 1. The zero-order chi connectivity index (χ0) is 20.1. The molecule has 1 aromatic carbocycles. The van der Waals surface area contributed by atoms with Crippen LogP contribution in [0.15, 0.2) is 16.6 Å². The molecule has 0 aliphatic carbocycles. The Morgan fingerprint density at radius 3 is 2.57 bits per heavy atom. The number of ether oxygens (including phenoxy) is 2. The number of hydrogen-bond donors (Lipinski definition) is 0. The van der Waals surface area contributed by atoms with E-state index >= 15 is 0 Å². The van der Waals surface area contributed by atoms with Crippen LogP contribution in [0.5, 0.6) is 11.5 Å². The summed E-state index contributed by atoms with van der Waals surface area (Å²) in [7, 11) is 4.47. The summed E-state index contributed by atoms with van der Waals surface area (Å²) >= 11 is 3.58. The molecule has 1 aromatic rings. The highest BCUT2D eigenvalue weighted by atomic mass is 79.9. The molecule has 1 spiro atoms. The molecule has 28 heavy (non-hydrogen) atoms. The number of nitrogens with zero attached hydrogens (tertiary/aromatic N) is 3. The van der Waals surface area contributed by atoms with Gasteiger partial charge in [-0.05, 0) is 31.5 Å². The molecule has 0 aromatic heterocycles. The summed E-state index contributed by atoms with van der Waals surface area (Å²) in [6.45, 7) is 3.72. The molecule has 4 saturated heterocycles. The highest BCUT2D eigenvalue weighted by Gasteiger charge is 2.75. The Balaban J connectivity index is 1.74.